The van der Waals surface area contributed by atoms with Crippen LogP contribution >= 0.6 is 0 Å². The molecule has 0 unspecified atom stereocenters. The first kappa shape index (κ1) is 12.6. The molecule has 0 radical (unpaired) electrons. The van der Waals surface area contributed by atoms with Crippen LogP contribution in [0.4, 0.5) is 0 Å². The van der Waals surface area contributed by atoms with Crippen molar-refractivity contribution >= 4 is 0 Å². The van der Waals surface area contributed by atoms with Crippen molar-refractivity contribution in [1.82, 2.24) is 0 Å². The quantitative estimate of drug-likeness (QED) is 0.450. The highest BCUT2D eigenvalue weighted by molar-refractivity contribution is 5.13. The third kappa shape index (κ3) is 5.88. The number of rotatable bonds is 2. The van der Waals surface area contributed by atoms with Gasteiger partial charge in [-0.3, -0.25) is 0 Å². The van der Waals surface area contributed by atoms with Gasteiger partial charge in [-0.2, -0.15) is 0 Å². The summed E-state index contributed by atoms with van der Waals surface area (Å²) < 4.78 is 2.16. The van der Waals surface area contributed by atoms with E-state index in [1.807, 2.05) is 24.3 Å². The van der Waals surface area contributed by atoms with E-state index in [-0.39, 0.29) is 0 Å². The number of benzene rings is 1. The minimum absolute atomic E-state index is 0.946. The van der Waals surface area contributed by atoms with Crippen LogP contribution in [-0.2, 0) is 6.54 Å². The largest absolute Gasteiger partial charge is 0.356 e. The Labute approximate surface area is 98.7 Å². The Kier molecular flexibility index (Phi) is 5.16. The molecule has 0 spiro atoms. The fourth-order valence-corrected chi connectivity index (χ4v) is 1.33. The lowest BCUT2D eigenvalue weighted by molar-refractivity contribution is -0.688. The van der Waals surface area contributed by atoms with E-state index >= 15 is 0 Å². The van der Waals surface area contributed by atoms with Gasteiger partial charge in [-0.15, -0.1) is 0 Å². The van der Waals surface area contributed by atoms with Crippen molar-refractivity contribution in [2.45, 2.75) is 6.54 Å². The van der Waals surface area contributed by atoms with Gasteiger partial charge in [0.2, 0.25) is 0 Å². The molecule has 1 heterocycles. The molecule has 0 bridgehead atoms. The molecule has 0 atom stereocenters. The van der Waals surface area contributed by atoms with E-state index in [1.54, 1.807) is 0 Å². The lowest BCUT2D eigenvalue weighted by Crippen LogP contribution is -2.32. The molecule has 0 aliphatic rings. The van der Waals surface area contributed by atoms with Gasteiger partial charge in [0, 0.05) is 17.7 Å². The lowest BCUT2D eigenvalue weighted by atomic mass is 10.2. The van der Waals surface area contributed by atoms with E-state index in [4.69, 9.17) is 15.3 Å². The fourth-order valence-electron chi connectivity index (χ4n) is 1.33. The van der Waals surface area contributed by atoms with Crippen molar-refractivity contribution in [2.75, 3.05) is 0 Å². The Morgan fingerprint density at radius 3 is 1.94 bits per heavy atom. The second kappa shape index (κ2) is 6.95. The minimum atomic E-state index is -1.75. The van der Waals surface area contributed by atoms with E-state index < -0.39 is 5.09 Å². The highest BCUT2D eigenvalue weighted by atomic mass is 16.9. The number of hydrogen-bond donors (Lipinski definition) is 0. The number of hydrogen-bond acceptors (Lipinski definition) is 3. The zero-order chi connectivity index (χ0) is 12.5. The molecule has 5 heteroatoms. The predicted molar refractivity (Wildman–Crippen MR) is 62.5 cm³/mol. The molecular weight excluding hydrogens is 220 g/mol. The molecule has 2 rings (SSSR count). The molecule has 0 saturated heterocycles. The zero-order valence-corrected chi connectivity index (χ0v) is 9.10. The van der Waals surface area contributed by atoms with Gasteiger partial charge in [0.25, 0.3) is 0 Å². The van der Waals surface area contributed by atoms with E-state index in [2.05, 4.69) is 41.2 Å². The summed E-state index contributed by atoms with van der Waals surface area (Å²) in [6.07, 6.45) is 4.15. The Morgan fingerprint density at radius 1 is 0.941 bits per heavy atom. The van der Waals surface area contributed by atoms with Gasteiger partial charge < -0.3 is 15.3 Å². The standard InChI is InChI=1S/C12H12N.NO3/c1-3-7-12(8-4-1)11-13-9-5-2-6-10-13;2-1(3)4/h1-10H,11H2;/q+1;-1. The van der Waals surface area contributed by atoms with Crippen LogP contribution in [0.5, 0.6) is 0 Å². The van der Waals surface area contributed by atoms with Gasteiger partial charge in [0.05, 0.1) is 5.09 Å². The third-order valence-corrected chi connectivity index (χ3v) is 1.99. The smallest absolute Gasteiger partial charge is 0.173 e. The molecule has 0 aliphatic carbocycles. The molecule has 88 valence electrons. The zero-order valence-electron chi connectivity index (χ0n) is 9.10. The second-order valence-electron chi connectivity index (χ2n) is 3.26. The second-order valence-corrected chi connectivity index (χ2v) is 3.26. The van der Waals surface area contributed by atoms with Gasteiger partial charge in [-0.25, -0.2) is 4.57 Å². The summed E-state index contributed by atoms with van der Waals surface area (Å²) in [5.74, 6) is 0. The van der Waals surface area contributed by atoms with Gasteiger partial charge in [0.15, 0.2) is 18.9 Å². The topological polar surface area (TPSA) is 70.1 Å². The highest BCUT2D eigenvalue weighted by Gasteiger charge is 1.98. The molecular formula is C12H12N2O3. The van der Waals surface area contributed by atoms with Crippen LogP contribution < -0.4 is 4.57 Å². The van der Waals surface area contributed by atoms with Crippen molar-refractivity contribution in [3.05, 3.63) is 81.8 Å². The van der Waals surface area contributed by atoms with Gasteiger partial charge in [0.1, 0.15) is 0 Å². The summed E-state index contributed by atoms with van der Waals surface area (Å²) in [5, 5.41) is 14.8. The van der Waals surface area contributed by atoms with Gasteiger partial charge >= 0.3 is 0 Å². The average Bonchev–Trinajstić information content (AvgIpc) is 2.31. The number of pyridine rings is 1. The van der Waals surface area contributed by atoms with E-state index in [9.17, 15) is 0 Å². The van der Waals surface area contributed by atoms with Crippen LogP contribution in [0.3, 0.4) is 0 Å². The van der Waals surface area contributed by atoms with E-state index in [1.165, 1.54) is 5.56 Å². The summed E-state index contributed by atoms with van der Waals surface area (Å²) >= 11 is 0. The Hall–Kier alpha value is -2.43. The van der Waals surface area contributed by atoms with Crippen LogP contribution in [0.15, 0.2) is 60.9 Å². The Bertz CT molecular complexity index is 404. The maximum atomic E-state index is 8.25. The normalized spacial score (nSPS) is 8.94. The molecule has 1 aromatic carbocycles. The molecule has 2 aromatic rings. The first-order valence-electron chi connectivity index (χ1n) is 4.98. The predicted octanol–water partition coefficient (Wildman–Crippen LogP) is 1.78. The van der Waals surface area contributed by atoms with Crippen LogP contribution in [0.2, 0.25) is 0 Å². The number of nitrogens with zero attached hydrogens (tertiary/aromatic N) is 2. The van der Waals surface area contributed by atoms with Crippen molar-refractivity contribution in [2.24, 2.45) is 0 Å². The lowest BCUT2D eigenvalue weighted by Gasteiger charge is -1.95. The van der Waals surface area contributed by atoms with Gasteiger partial charge in [-0.1, -0.05) is 36.4 Å². The SMILES string of the molecule is O=[N+]([O-])[O-].c1ccc(C[n+]2ccccc2)cc1. The Balaban J connectivity index is 0.000000317. The molecule has 5 nitrogen and oxygen atoms in total. The Morgan fingerprint density at radius 2 is 1.41 bits per heavy atom. The molecule has 0 saturated carbocycles. The van der Waals surface area contributed by atoms with Crippen LogP contribution in [0.25, 0.3) is 0 Å². The summed E-state index contributed by atoms with van der Waals surface area (Å²) in [4.78, 5) is 8.25. The maximum Gasteiger partial charge on any atom is 0.173 e. The highest BCUT2D eigenvalue weighted by Crippen LogP contribution is 1.96. The van der Waals surface area contributed by atoms with Gasteiger partial charge in [-0.05, 0) is 0 Å². The number of aromatic nitrogens is 1. The molecule has 0 N–H and O–H groups in total. The van der Waals surface area contributed by atoms with E-state index in [0.29, 0.717) is 0 Å². The van der Waals surface area contributed by atoms with Crippen LogP contribution in [0.1, 0.15) is 5.56 Å². The fraction of sp³-hybridized carbons (Fsp3) is 0.0833. The third-order valence-electron chi connectivity index (χ3n) is 1.99. The molecule has 0 fully saturated rings. The molecule has 0 aliphatic heterocycles. The van der Waals surface area contributed by atoms with Crippen LogP contribution in [0, 0.1) is 15.3 Å². The summed E-state index contributed by atoms with van der Waals surface area (Å²) in [7, 11) is 0. The van der Waals surface area contributed by atoms with Crippen molar-refractivity contribution in [1.29, 1.82) is 0 Å². The molecule has 1 aromatic heterocycles. The summed E-state index contributed by atoms with van der Waals surface area (Å²) in [6.45, 7) is 0.946. The summed E-state index contributed by atoms with van der Waals surface area (Å²) in [5.41, 5.74) is 1.33. The first-order chi connectivity index (χ1) is 8.18. The first-order valence-corrected chi connectivity index (χ1v) is 4.98. The summed E-state index contributed by atoms with van der Waals surface area (Å²) in [6, 6.07) is 16.6. The van der Waals surface area contributed by atoms with Crippen molar-refractivity contribution < 1.29 is 9.65 Å². The van der Waals surface area contributed by atoms with Crippen molar-refractivity contribution in [3.8, 4) is 0 Å². The molecule has 0 amide bonds. The monoisotopic (exact) mass is 232 g/mol. The average molecular weight is 232 g/mol. The minimum Gasteiger partial charge on any atom is -0.356 e. The molecule has 17 heavy (non-hydrogen) atoms. The van der Waals surface area contributed by atoms with E-state index in [0.717, 1.165) is 6.54 Å². The van der Waals surface area contributed by atoms with Crippen LogP contribution in [-0.4, -0.2) is 5.09 Å². The van der Waals surface area contributed by atoms with Crippen molar-refractivity contribution in [3.63, 3.8) is 0 Å². The maximum absolute atomic E-state index is 8.25.